The van der Waals surface area contributed by atoms with Crippen molar-refractivity contribution in [3.05, 3.63) is 29.8 Å². The van der Waals surface area contributed by atoms with Gasteiger partial charge in [-0.15, -0.1) is 0 Å². The van der Waals surface area contributed by atoms with Crippen molar-refractivity contribution in [3.63, 3.8) is 0 Å². The Morgan fingerprint density at radius 1 is 1.00 bits per heavy atom. The molecule has 0 saturated carbocycles. The van der Waals surface area contributed by atoms with Crippen LogP contribution in [0.5, 0.6) is 5.75 Å². The first-order valence-corrected chi connectivity index (χ1v) is 7.66. The second-order valence-corrected chi connectivity index (χ2v) is 6.70. The lowest BCUT2D eigenvalue weighted by atomic mass is 9.70. The Bertz CT molecular complexity index is 373. The van der Waals surface area contributed by atoms with Crippen LogP contribution in [0.1, 0.15) is 53.0 Å². The van der Waals surface area contributed by atoms with Crippen molar-refractivity contribution < 1.29 is 9.47 Å². The van der Waals surface area contributed by atoms with Crippen LogP contribution in [0.3, 0.4) is 0 Å². The first-order chi connectivity index (χ1) is 9.36. The van der Waals surface area contributed by atoms with E-state index in [2.05, 4.69) is 58.9 Å². The molecule has 0 heterocycles. The van der Waals surface area contributed by atoms with E-state index in [1.54, 1.807) is 0 Å². The Balaban J connectivity index is 2.69. The zero-order valence-electron chi connectivity index (χ0n) is 13.9. The van der Waals surface area contributed by atoms with Crippen LogP contribution >= 0.6 is 0 Å². The van der Waals surface area contributed by atoms with Crippen molar-refractivity contribution in [1.82, 2.24) is 0 Å². The molecule has 2 heteroatoms. The largest absolute Gasteiger partial charge is 0.491 e. The van der Waals surface area contributed by atoms with Gasteiger partial charge < -0.3 is 9.47 Å². The van der Waals surface area contributed by atoms with Gasteiger partial charge >= 0.3 is 0 Å². The minimum atomic E-state index is 0.269. The normalized spacial score (nSPS) is 13.6. The van der Waals surface area contributed by atoms with Crippen LogP contribution in [-0.2, 0) is 4.74 Å². The fraction of sp³-hybridized carbons (Fsp3) is 0.667. The molecule has 1 rings (SSSR count). The summed E-state index contributed by atoms with van der Waals surface area (Å²) in [6, 6.07) is 8.54. The molecular formula is C18H30O2. The molecule has 2 nitrogen and oxygen atoms in total. The van der Waals surface area contributed by atoms with Crippen molar-refractivity contribution in [2.24, 2.45) is 11.3 Å². The van der Waals surface area contributed by atoms with E-state index in [0.29, 0.717) is 25.0 Å². The second-order valence-electron chi connectivity index (χ2n) is 6.70. The molecule has 0 aliphatic rings. The maximum absolute atomic E-state index is 5.66. The Morgan fingerprint density at radius 3 is 2.05 bits per heavy atom. The molecule has 0 radical (unpaired) electrons. The molecule has 20 heavy (non-hydrogen) atoms. The summed E-state index contributed by atoms with van der Waals surface area (Å²) in [5, 5.41) is 0. The summed E-state index contributed by atoms with van der Waals surface area (Å²) in [6.07, 6.45) is 0. The van der Waals surface area contributed by atoms with Gasteiger partial charge in [-0.3, -0.25) is 0 Å². The highest BCUT2D eigenvalue weighted by atomic mass is 16.5. The van der Waals surface area contributed by atoms with Gasteiger partial charge in [0.1, 0.15) is 12.4 Å². The predicted octanol–water partition coefficient (Wildman–Crippen LogP) is 4.89. The van der Waals surface area contributed by atoms with Gasteiger partial charge in [0.05, 0.1) is 6.61 Å². The Labute approximate surface area is 124 Å². The maximum Gasteiger partial charge on any atom is 0.119 e. The molecule has 0 N–H and O–H groups in total. The molecule has 0 fully saturated rings. The van der Waals surface area contributed by atoms with Gasteiger partial charge in [0.15, 0.2) is 0 Å². The van der Waals surface area contributed by atoms with E-state index in [1.807, 2.05) is 6.92 Å². The van der Waals surface area contributed by atoms with E-state index in [1.165, 1.54) is 5.56 Å². The van der Waals surface area contributed by atoms with Crippen molar-refractivity contribution in [1.29, 1.82) is 0 Å². The lowest BCUT2D eigenvalue weighted by Crippen LogP contribution is -2.23. The van der Waals surface area contributed by atoms with E-state index in [0.717, 1.165) is 12.4 Å². The molecular weight excluding hydrogens is 248 g/mol. The molecule has 1 aromatic rings. The highest BCUT2D eigenvalue weighted by Gasteiger charge is 2.28. The van der Waals surface area contributed by atoms with Crippen LogP contribution in [0.15, 0.2) is 24.3 Å². The second kappa shape index (κ2) is 7.68. The molecule has 0 aliphatic carbocycles. The van der Waals surface area contributed by atoms with Crippen LogP contribution < -0.4 is 4.74 Å². The van der Waals surface area contributed by atoms with Crippen LogP contribution in [0.4, 0.5) is 0 Å². The van der Waals surface area contributed by atoms with E-state index in [9.17, 15) is 0 Å². The maximum atomic E-state index is 5.66. The molecule has 1 aromatic carbocycles. The molecule has 0 bridgehead atoms. The molecule has 0 spiro atoms. The Hall–Kier alpha value is -1.02. The average Bonchev–Trinajstić information content (AvgIpc) is 2.34. The summed E-state index contributed by atoms with van der Waals surface area (Å²) in [6.45, 7) is 15.5. The third kappa shape index (κ3) is 5.16. The quantitative estimate of drug-likeness (QED) is 0.661. The average molecular weight is 278 g/mol. The SMILES string of the molecule is CCOCCOc1ccc(C(C(C)C)C(C)(C)C)cc1. The molecule has 0 aromatic heterocycles. The van der Waals surface area contributed by atoms with Crippen molar-refractivity contribution >= 4 is 0 Å². The molecule has 1 unspecified atom stereocenters. The highest BCUT2D eigenvalue weighted by Crippen LogP contribution is 2.40. The number of rotatable bonds is 7. The van der Waals surface area contributed by atoms with Crippen molar-refractivity contribution in [2.45, 2.75) is 47.5 Å². The van der Waals surface area contributed by atoms with Crippen molar-refractivity contribution in [3.8, 4) is 5.75 Å². The van der Waals surface area contributed by atoms with Gasteiger partial charge in [-0.1, -0.05) is 46.8 Å². The van der Waals surface area contributed by atoms with Crippen LogP contribution in [-0.4, -0.2) is 19.8 Å². The summed E-state index contributed by atoms with van der Waals surface area (Å²) in [5.74, 6) is 2.10. The van der Waals surface area contributed by atoms with Crippen LogP contribution in [0.25, 0.3) is 0 Å². The Kier molecular flexibility index (Phi) is 6.54. The summed E-state index contributed by atoms with van der Waals surface area (Å²) in [4.78, 5) is 0. The zero-order chi connectivity index (χ0) is 15.2. The molecule has 0 aliphatic heterocycles. The molecule has 114 valence electrons. The van der Waals surface area contributed by atoms with Gasteiger partial charge in [-0.05, 0) is 41.9 Å². The topological polar surface area (TPSA) is 18.5 Å². The van der Waals surface area contributed by atoms with E-state index < -0.39 is 0 Å². The molecule has 1 atom stereocenters. The van der Waals surface area contributed by atoms with E-state index in [4.69, 9.17) is 9.47 Å². The third-order valence-electron chi connectivity index (χ3n) is 3.54. The van der Waals surface area contributed by atoms with E-state index in [-0.39, 0.29) is 5.41 Å². The molecule has 0 saturated heterocycles. The first-order valence-electron chi connectivity index (χ1n) is 7.66. The number of ether oxygens (including phenoxy) is 2. The highest BCUT2D eigenvalue weighted by molar-refractivity contribution is 5.30. The lowest BCUT2D eigenvalue weighted by molar-refractivity contribution is 0.110. The molecule has 0 amide bonds. The third-order valence-corrected chi connectivity index (χ3v) is 3.54. The number of benzene rings is 1. The van der Waals surface area contributed by atoms with Gasteiger partial charge in [-0.2, -0.15) is 0 Å². The standard InChI is InChI=1S/C18H30O2/c1-7-19-12-13-20-16-10-8-15(9-11-16)17(14(2)3)18(4,5)6/h8-11,14,17H,7,12-13H2,1-6H3. The number of hydrogen-bond acceptors (Lipinski definition) is 2. The van der Waals surface area contributed by atoms with E-state index >= 15 is 0 Å². The van der Waals surface area contributed by atoms with Crippen LogP contribution in [0, 0.1) is 11.3 Å². The zero-order valence-corrected chi connectivity index (χ0v) is 13.9. The summed E-state index contributed by atoms with van der Waals surface area (Å²) >= 11 is 0. The predicted molar refractivity (Wildman–Crippen MR) is 85.5 cm³/mol. The van der Waals surface area contributed by atoms with Gasteiger partial charge in [-0.25, -0.2) is 0 Å². The summed E-state index contributed by atoms with van der Waals surface area (Å²) in [7, 11) is 0. The monoisotopic (exact) mass is 278 g/mol. The fourth-order valence-corrected chi connectivity index (χ4v) is 3.02. The van der Waals surface area contributed by atoms with Gasteiger partial charge in [0, 0.05) is 6.61 Å². The fourth-order valence-electron chi connectivity index (χ4n) is 3.02. The van der Waals surface area contributed by atoms with Gasteiger partial charge in [0.2, 0.25) is 0 Å². The van der Waals surface area contributed by atoms with Crippen molar-refractivity contribution in [2.75, 3.05) is 19.8 Å². The van der Waals surface area contributed by atoms with Gasteiger partial charge in [0.25, 0.3) is 0 Å². The minimum absolute atomic E-state index is 0.269. The first kappa shape index (κ1) is 17.0. The summed E-state index contributed by atoms with van der Waals surface area (Å²) in [5.41, 5.74) is 1.66. The number of hydrogen-bond donors (Lipinski definition) is 0. The minimum Gasteiger partial charge on any atom is -0.491 e. The lowest BCUT2D eigenvalue weighted by Gasteiger charge is -2.34. The van der Waals surface area contributed by atoms with Crippen LogP contribution in [0.2, 0.25) is 0 Å². The Morgan fingerprint density at radius 2 is 1.60 bits per heavy atom. The smallest absolute Gasteiger partial charge is 0.119 e. The summed E-state index contributed by atoms with van der Waals surface area (Å²) < 4.78 is 10.9.